The summed E-state index contributed by atoms with van der Waals surface area (Å²) in [5.41, 5.74) is 0.891. The van der Waals surface area contributed by atoms with Crippen LogP contribution < -0.4 is 9.64 Å². The van der Waals surface area contributed by atoms with Crippen molar-refractivity contribution in [2.24, 2.45) is 0 Å². The van der Waals surface area contributed by atoms with Gasteiger partial charge in [-0.05, 0) is 51.4 Å². The van der Waals surface area contributed by atoms with Crippen molar-refractivity contribution in [2.45, 2.75) is 11.8 Å². The molecule has 5 nitrogen and oxygen atoms in total. The van der Waals surface area contributed by atoms with E-state index in [9.17, 15) is 4.79 Å². The molecular weight excluding hydrogens is 426 g/mol. The lowest BCUT2D eigenvalue weighted by Gasteiger charge is -2.21. The van der Waals surface area contributed by atoms with Crippen molar-refractivity contribution in [3.63, 3.8) is 0 Å². The van der Waals surface area contributed by atoms with Gasteiger partial charge in [0.2, 0.25) is 5.91 Å². The van der Waals surface area contributed by atoms with Gasteiger partial charge in [-0.15, -0.1) is 24.2 Å². The van der Waals surface area contributed by atoms with Crippen molar-refractivity contribution in [3.8, 4) is 5.75 Å². The Kier molecular flexibility index (Phi) is 9.23. The maximum Gasteiger partial charge on any atom is 0.239 e. The standard InChI is InChI=1S/C21H25N3O2S2.ClH/c1-4-26-16-10-11-18-19(14-16)28-21(22-18)24(13-12-23(2)3)20(25)15-27-17-8-6-5-7-9-17;/h5-11,14H,4,12-13,15H2,1-3H3;1H. The normalized spacial score (nSPS) is 10.8. The number of ether oxygens (including phenoxy) is 1. The average Bonchev–Trinajstić information content (AvgIpc) is 3.10. The molecule has 0 spiro atoms. The summed E-state index contributed by atoms with van der Waals surface area (Å²) < 4.78 is 6.61. The molecule has 0 fully saturated rings. The highest BCUT2D eigenvalue weighted by Gasteiger charge is 2.20. The predicted octanol–water partition coefficient (Wildman–Crippen LogP) is 4.80. The van der Waals surface area contributed by atoms with Gasteiger partial charge in [-0.2, -0.15) is 0 Å². The second-order valence-corrected chi connectivity index (χ2v) is 8.57. The molecule has 8 heteroatoms. The monoisotopic (exact) mass is 451 g/mol. The first-order valence-corrected chi connectivity index (χ1v) is 11.0. The van der Waals surface area contributed by atoms with Gasteiger partial charge in [0.15, 0.2) is 5.13 Å². The lowest BCUT2D eigenvalue weighted by Crippen LogP contribution is -2.37. The van der Waals surface area contributed by atoms with E-state index < -0.39 is 0 Å². The summed E-state index contributed by atoms with van der Waals surface area (Å²) in [7, 11) is 4.02. The fraction of sp³-hybridized carbons (Fsp3) is 0.333. The van der Waals surface area contributed by atoms with Crippen LogP contribution in [0.1, 0.15) is 6.92 Å². The van der Waals surface area contributed by atoms with Gasteiger partial charge >= 0.3 is 0 Å². The summed E-state index contributed by atoms with van der Waals surface area (Å²) in [5.74, 6) is 1.29. The topological polar surface area (TPSA) is 45.7 Å². The molecule has 156 valence electrons. The number of thioether (sulfide) groups is 1. The van der Waals surface area contributed by atoms with Crippen LogP contribution in [0.5, 0.6) is 5.75 Å². The number of hydrogen-bond donors (Lipinski definition) is 0. The molecule has 0 aliphatic carbocycles. The summed E-state index contributed by atoms with van der Waals surface area (Å²) in [6.45, 7) is 3.98. The van der Waals surface area contributed by atoms with Crippen LogP contribution in [-0.2, 0) is 4.79 Å². The Hall–Kier alpha value is -1.80. The molecule has 1 amide bonds. The molecule has 0 bridgehead atoms. The molecule has 29 heavy (non-hydrogen) atoms. The number of rotatable bonds is 9. The molecule has 1 heterocycles. The highest BCUT2D eigenvalue weighted by atomic mass is 35.5. The maximum atomic E-state index is 13.0. The van der Waals surface area contributed by atoms with E-state index in [0.29, 0.717) is 18.9 Å². The Balaban J connectivity index is 0.00000300. The molecule has 2 aromatic carbocycles. The Morgan fingerprint density at radius 3 is 2.59 bits per heavy atom. The van der Waals surface area contributed by atoms with Crippen molar-refractivity contribution in [1.29, 1.82) is 0 Å². The number of anilines is 1. The number of hydrogen-bond acceptors (Lipinski definition) is 6. The van der Waals surface area contributed by atoms with Crippen molar-refractivity contribution in [2.75, 3.05) is 44.4 Å². The lowest BCUT2D eigenvalue weighted by atomic mass is 10.3. The zero-order valence-corrected chi connectivity index (χ0v) is 19.3. The quantitative estimate of drug-likeness (QED) is 0.437. The molecule has 0 N–H and O–H groups in total. The molecule has 0 atom stereocenters. The number of carbonyl (C=O) groups is 1. The van der Waals surface area contributed by atoms with Crippen LogP contribution in [0, 0.1) is 0 Å². The zero-order valence-electron chi connectivity index (χ0n) is 16.8. The minimum absolute atomic E-state index is 0. The number of amides is 1. The van der Waals surface area contributed by atoms with Crippen LogP contribution in [0.2, 0.25) is 0 Å². The zero-order chi connectivity index (χ0) is 19.9. The second kappa shape index (κ2) is 11.4. The highest BCUT2D eigenvalue weighted by Crippen LogP contribution is 2.32. The van der Waals surface area contributed by atoms with E-state index in [1.807, 2.05) is 69.6 Å². The molecule has 0 aliphatic rings. The van der Waals surface area contributed by atoms with E-state index in [4.69, 9.17) is 9.72 Å². The fourth-order valence-electron chi connectivity index (χ4n) is 2.63. The number of nitrogens with zero attached hydrogens (tertiary/aromatic N) is 3. The molecule has 0 radical (unpaired) electrons. The van der Waals surface area contributed by atoms with Crippen LogP contribution >= 0.6 is 35.5 Å². The molecule has 0 aliphatic heterocycles. The third-order valence-corrected chi connectivity index (χ3v) is 6.11. The molecule has 0 unspecified atom stereocenters. The van der Waals surface area contributed by atoms with Crippen LogP contribution in [0.15, 0.2) is 53.4 Å². The minimum atomic E-state index is 0. The molecule has 3 aromatic rings. The largest absolute Gasteiger partial charge is 0.494 e. The Bertz CT molecular complexity index is 919. The molecule has 0 saturated heterocycles. The fourth-order valence-corrected chi connectivity index (χ4v) is 4.46. The van der Waals surface area contributed by atoms with Crippen molar-refractivity contribution in [1.82, 2.24) is 9.88 Å². The van der Waals surface area contributed by atoms with E-state index in [2.05, 4.69) is 4.90 Å². The number of benzene rings is 2. The molecule has 0 saturated carbocycles. The van der Waals surface area contributed by atoms with Crippen LogP contribution in [0.3, 0.4) is 0 Å². The highest BCUT2D eigenvalue weighted by molar-refractivity contribution is 8.00. The van der Waals surface area contributed by atoms with Gasteiger partial charge in [0.25, 0.3) is 0 Å². The Labute approximate surface area is 186 Å². The molecule has 1 aromatic heterocycles. The van der Waals surface area contributed by atoms with Crippen molar-refractivity contribution in [3.05, 3.63) is 48.5 Å². The van der Waals surface area contributed by atoms with E-state index >= 15 is 0 Å². The summed E-state index contributed by atoms with van der Waals surface area (Å²) in [5, 5.41) is 0.740. The van der Waals surface area contributed by atoms with Crippen LogP contribution in [-0.4, -0.2) is 55.3 Å². The number of carbonyl (C=O) groups excluding carboxylic acids is 1. The van der Waals surface area contributed by atoms with E-state index in [0.717, 1.165) is 32.5 Å². The summed E-state index contributed by atoms with van der Waals surface area (Å²) in [6.07, 6.45) is 0. The molecular formula is C21H26ClN3O2S2. The second-order valence-electron chi connectivity index (χ2n) is 6.51. The minimum Gasteiger partial charge on any atom is -0.494 e. The van der Waals surface area contributed by atoms with E-state index in [-0.39, 0.29) is 18.3 Å². The first kappa shape index (κ1) is 23.5. The summed E-state index contributed by atoms with van der Waals surface area (Å²) >= 11 is 3.09. The number of thiazole rings is 1. The van der Waals surface area contributed by atoms with Gasteiger partial charge in [-0.1, -0.05) is 29.5 Å². The Morgan fingerprint density at radius 1 is 1.14 bits per heavy atom. The number of fused-ring (bicyclic) bond motifs is 1. The van der Waals surface area contributed by atoms with Gasteiger partial charge < -0.3 is 9.64 Å². The average molecular weight is 452 g/mol. The van der Waals surface area contributed by atoms with Crippen LogP contribution in [0.25, 0.3) is 10.2 Å². The third-order valence-electron chi connectivity index (χ3n) is 4.07. The predicted molar refractivity (Wildman–Crippen MR) is 126 cm³/mol. The van der Waals surface area contributed by atoms with Crippen molar-refractivity contribution >= 4 is 56.8 Å². The van der Waals surface area contributed by atoms with Crippen molar-refractivity contribution < 1.29 is 9.53 Å². The Morgan fingerprint density at radius 2 is 1.90 bits per heavy atom. The third kappa shape index (κ3) is 6.60. The number of halogens is 1. The smallest absolute Gasteiger partial charge is 0.239 e. The number of likely N-dealkylation sites (N-methyl/N-ethyl adjacent to an activating group) is 1. The van der Waals surface area contributed by atoms with E-state index in [1.165, 1.54) is 11.3 Å². The first-order valence-electron chi connectivity index (χ1n) is 9.23. The number of aromatic nitrogens is 1. The van der Waals surface area contributed by atoms with E-state index in [1.54, 1.807) is 16.7 Å². The molecule has 3 rings (SSSR count). The van der Waals surface area contributed by atoms with Crippen LogP contribution in [0.4, 0.5) is 5.13 Å². The lowest BCUT2D eigenvalue weighted by molar-refractivity contribution is -0.116. The SMILES string of the molecule is CCOc1ccc2nc(N(CCN(C)C)C(=O)CSc3ccccc3)sc2c1.Cl. The maximum absolute atomic E-state index is 13.0. The van der Waals surface area contributed by atoms with Gasteiger partial charge in [0.05, 0.1) is 22.6 Å². The first-order chi connectivity index (χ1) is 13.6. The van der Waals surface area contributed by atoms with Gasteiger partial charge in [0.1, 0.15) is 5.75 Å². The van der Waals surface area contributed by atoms with Gasteiger partial charge in [-0.3, -0.25) is 9.69 Å². The summed E-state index contributed by atoms with van der Waals surface area (Å²) in [4.78, 5) is 22.7. The van der Waals surface area contributed by atoms with Gasteiger partial charge in [0, 0.05) is 18.0 Å². The van der Waals surface area contributed by atoms with Gasteiger partial charge in [-0.25, -0.2) is 4.98 Å². The summed E-state index contributed by atoms with van der Waals surface area (Å²) in [6, 6.07) is 15.9.